The smallest absolute Gasteiger partial charge is 0.645 e. The van der Waals surface area contributed by atoms with E-state index in [-0.39, 0.29) is 32.7 Å². The first-order chi connectivity index (χ1) is 10.4. The number of carbonyl (C=O) groups is 2. The second-order valence-electron chi connectivity index (χ2n) is 8.68. The Hall–Kier alpha value is -0.256. The number of allylic oxidation sites excluding steroid dienone is 1. The summed E-state index contributed by atoms with van der Waals surface area (Å²) in [6.45, 7) is 18.8. The van der Waals surface area contributed by atoms with Crippen LogP contribution >= 0.6 is 0 Å². The Kier molecular flexibility index (Phi) is 9.30. The molecule has 0 aromatic heterocycles. The van der Waals surface area contributed by atoms with Crippen LogP contribution in [0.15, 0.2) is 11.1 Å². The van der Waals surface area contributed by atoms with Crippen molar-refractivity contribution >= 4 is 11.9 Å². The van der Waals surface area contributed by atoms with Gasteiger partial charge in [-0.25, -0.2) is 4.79 Å². The molecule has 25 heavy (non-hydrogen) atoms. The average Bonchev–Trinajstić information content (AvgIpc) is 2.34. The van der Waals surface area contributed by atoms with Crippen molar-refractivity contribution in [2.45, 2.75) is 92.9 Å². The molecule has 0 radical (unpaired) electrons. The van der Waals surface area contributed by atoms with Gasteiger partial charge >= 0.3 is 38.7 Å². The molecule has 0 saturated heterocycles. The van der Waals surface area contributed by atoms with Crippen LogP contribution in [0.2, 0.25) is 0 Å². The van der Waals surface area contributed by atoms with E-state index in [2.05, 4.69) is 5.32 Å². The van der Waals surface area contributed by atoms with Crippen molar-refractivity contribution in [1.29, 1.82) is 0 Å². The molecule has 0 saturated carbocycles. The molecule has 0 fully saturated rings. The molecule has 0 spiro atoms. The molecule has 0 aliphatic heterocycles. The fraction of sp³-hybridized carbons (Fsp3) is 0.789. The van der Waals surface area contributed by atoms with Crippen LogP contribution in [0.4, 0.5) is 0 Å². The number of ether oxygens (including phenoxy) is 1. The summed E-state index contributed by atoms with van der Waals surface area (Å²) >= 11 is 0. The average molecular weight is 429 g/mol. The van der Waals surface area contributed by atoms with E-state index in [0.717, 1.165) is 5.57 Å². The standard InChI is InChI=1S/C19H35NO4.Y/c1-12(2)13(3)14(21)24-19(10,11)17(6,7)20-15(22)16(4,5)18(8,9)23;/h23H,1-11H3,(H,20,22);/q;+3/p-1. The molecule has 0 rings (SSSR count). The Bertz CT molecular complexity index is 536. The Morgan fingerprint density at radius 2 is 1.28 bits per heavy atom. The number of nitrogens with zero attached hydrogens (tertiary/aromatic N) is 1. The normalized spacial score (nSPS) is 12.8. The summed E-state index contributed by atoms with van der Waals surface area (Å²) in [6, 6.07) is 0. The zero-order chi connectivity index (χ0) is 19.7. The molecule has 0 bridgehead atoms. The fourth-order valence-corrected chi connectivity index (χ4v) is 1.43. The van der Waals surface area contributed by atoms with Crippen molar-refractivity contribution in [3.63, 3.8) is 0 Å². The molecule has 0 aromatic carbocycles. The van der Waals surface area contributed by atoms with Gasteiger partial charge in [0.1, 0.15) is 0 Å². The van der Waals surface area contributed by atoms with Crippen LogP contribution in [0.25, 0.3) is 5.32 Å². The molecule has 6 heteroatoms. The van der Waals surface area contributed by atoms with Gasteiger partial charge in [0.15, 0.2) is 0 Å². The van der Waals surface area contributed by atoms with Gasteiger partial charge in [-0.3, -0.25) is 0 Å². The van der Waals surface area contributed by atoms with E-state index in [1.165, 1.54) is 0 Å². The van der Waals surface area contributed by atoms with E-state index in [1.807, 2.05) is 13.8 Å². The van der Waals surface area contributed by atoms with Gasteiger partial charge in [-0.15, -0.1) is 0 Å². The third-order valence-corrected chi connectivity index (χ3v) is 5.32. The predicted molar refractivity (Wildman–Crippen MR) is 96.7 cm³/mol. The summed E-state index contributed by atoms with van der Waals surface area (Å²) in [5.41, 5.74) is -2.80. The first-order valence-electron chi connectivity index (χ1n) is 8.24. The number of carbonyl (C=O) groups excluding carboxylic acids is 2. The molecule has 0 aromatic rings. The van der Waals surface area contributed by atoms with Crippen molar-refractivity contribution in [3.05, 3.63) is 16.5 Å². The fourth-order valence-electron chi connectivity index (χ4n) is 1.43. The molecule has 140 valence electrons. The zero-order valence-corrected chi connectivity index (χ0v) is 20.5. The van der Waals surface area contributed by atoms with Crippen molar-refractivity contribution in [1.82, 2.24) is 0 Å². The van der Waals surface area contributed by atoms with E-state index in [0.29, 0.717) is 5.57 Å². The molecule has 0 aliphatic carbocycles. The van der Waals surface area contributed by atoms with E-state index < -0.39 is 34.0 Å². The molecule has 0 heterocycles. The Labute approximate surface area is 178 Å². The maximum absolute atomic E-state index is 12.6. The predicted octanol–water partition coefficient (Wildman–Crippen LogP) is 4.14. The number of esters is 1. The van der Waals surface area contributed by atoms with Crippen molar-refractivity contribution in [2.75, 3.05) is 0 Å². The van der Waals surface area contributed by atoms with Crippen molar-refractivity contribution in [3.8, 4) is 0 Å². The third-order valence-electron chi connectivity index (χ3n) is 5.32. The van der Waals surface area contributed by atoms with E-state index in [1.54, 1.807) is 62.3 Å². The maximum Gasteiger partial charge on any atom is 3.00 e. The second-order valence-corrected chi connectivity index (χ2v) is 8.68. The third kappa shape index (κ3) is 6.44. The molecule has 0 atom stereocenters. The van der Waals surface area contributed by atoms with Crippen LogP contribution in [-0.2, 0) is 47.0 Å². The Balaban J connectivity index is 0. The largest absolute Gasteiger partial charge is 3.00 e. The maximum atomic E-state index is 12.6. The molecule has 5 nitrogen and oxygen atoms in total. The van der Waals surface area contributed by atoms with Gasteiger partial charge in [0, 0.05) is 11.0 Å². The van der Waals surface area contributed by atoms with E-state index >= 15 is 0 Å². The van der Waals surface area contributed by atoms with E-state index in [9.17, 15) is 14.7 Å². The summed E-state index contributed by atoms with van der Waals surface area (Å²) in [5, 5.41) is 14.5. The van der Waals surface area contributed by atoms with Crippen LogP contribution in [0.3, 0.4) is 0 Å². The number of amides is 1. The van der Waals surface area contributed by atoms with E-state index in [4.69, 9.17) is 4.74 Å². The first-order valence-corrected chi connectivity index (χ1v) is 8.24. The summed E-state index contributed by atoms with van der Waals surface area (Å²) in [6.07, 6.45) is 0. The SMILES string of the molecule is CC(C)=C(C)C(=O)OC(C)(C)C(C)(C)[N-]C(=O)C(C)(C)C(C)(C)O.[Y+3]. The van der Waals surface area contributed by atoms with Gasteiger partial charge in [0.25, 0.3) is 0 Å². The van der Waals surface area contributed by atoms with Gasteiger partial charge in [0.05, 0.1) is 17.1 Å². The van der Waals surface area contributed by atoms with Crippen molar-refractivity contribution < 1.29 is 52.1 Å². The first kappa shape index (κ1) is 27.0. The number of aliphatic hydroxyl groups is 1. The van der Waals surface area contributed by atoms with Crippen LogP contribution in [0, 0.1) is 5.41 Å². The van der Waals surface area contributed by atoms with Gasteiger partial charge in [0.2, 0.25) is 0 Å². The topological polar surface area (TPSA) is 77.7 Å². The monoisotopic (exact) mass is 429 g/mol. The van der Waals surface area contributed by atoms with Gasteiger partial charge in [-0.05, 0) is 48.5 Å². The number of rotatable bonds is 6. The molecule has 0 aliphatic rings. The minimum atomic E-state index is -1.22. The minimum Gasteiger partial charge on any atom is -0.645 e. The van der Waals surface area contributed by atoms with Gasteiger partial charge < -0.3 is 20.0 Å². The summed E-state index contributed by atoms with van der Waals surface area (Å²) in [4.78, 5) is 24.9. The molecular formula is C19H34NO4Y+2. The molecular weight excluding hydrogens is 395 g/mol. The van der Waals surface area contributed by atoms with Crippen LogP contribution in [0.5, 0.6) is 0 Å². The molecule has 0 unspecified atom stereocenters. The Morgan fingerprint density at radius 3 is 1.60 bits per heavy atom. The number of hydrogen-bond acceptors (Lipinski definition) is 4. The summed E-state index contributed by atoms with van der Waals surface area (Å²) in [5.74, 6) is -0.847. The quantitative estimate of drug-likeness (QED) is 0.509. The minimum absolute atomic E-state index is 0. The van der Waals surface area contributed by atoms with Crippen LogP contribution in [-0.4, -0.2) is 33.7 Å². The van der Waals surface area contributed by atoms with Crippen LogP contribution in [0.1, 0.15) is 76.2 Å². The van der Waals surface area contributed by atoms with Crippen molar-refractivity contribution in [2.24, 2.45) is 5.41 Å². The number of hydrogen-bond donors (Lipinski definition) is 1. The molecule has 1 amide bonds. The zero-order valence-electron chi connectivity index (χ0n) is 17.7. The summed E-state index contributed by atoms with van der Waals surface area (Å²) < 4.78 is 5.62. The van der Waals surface area contributed by atoms with Crippen LogP contribution < -0.4 is 0 Å². The summed E-state index contributed by atoms with van der Waals surface area (Å²) in [7, 11) is 0. The van der Waals surface area contributed by atoms with Gasteiger partial charge in [-0.1, -0.05) is 38.8 Å². The Morgan fingerprint density at radius 1 is 0.880 bits per heavy atom. The molecule has 1 N–H and O–H groups in total. The van der Waals surface area contributed by atoms with Gasteiger partial charge in [-0.2, -0.15) is 0 Å². The second kappa shape index (κ2) is 8.62.